The second-order valence-electron chi connectivity index (χ2n) is 22.1. The van der Waals surface area contributed by atoms with Crippen molar-refractivity contribution in [1.82, 2.24) is 19.9 Å². The molecule has 2 N–H and O–H groups in total. The molecule has 3 aromatic heterocycles. The molecule has 6 rings (SSSR count). The van der Waals surface area contributed by atoms with Gasteiger partial charge in [-0.05, 0) is 104 Å². The molecule has 0 saturated carbocycles. The van der Waals surface area contributed by atoms with Crippen LogP contribution in [0.3, 0.4) is 0 Å². The quantitative estimate of drug-likeness (QED) is 0.0373. The molecular formula is C68H102N4O3. The standard InChI is InChI=1S/C68H102N4O3/c1-4-7-10-13-16-19-22-25-28-31-34-37-46-73-66-49-56(64-54-63-53-61-43-42-59(70-61)51-57-40-41-58(69-57)52-60-44-45-62(71-60)55-65(64)72-63)50-67(74-47-38-35-32-29-26-23-20-17-14-11-8-5-2)68(66)75-48-39-36-33-30-27-24-21-18-15-12-9-6-3/h40-45,49-55,70,72H,4-39,46-48H2,1-3H3. The summed E-state index contributed by atoms with van der Waals surface area (Å²) in [5.74, 6) is 2.32. The molecule has 0 spiro atoms. The third-order valence-corrected chi connectivity index (χ3v) is 15.3. The van der Waals surface area contributed by atoms with E-state index in [1.165, 1.54) is 212 Å². The minimum absolute atomic E-state index is 0.654. The molecule has 0 radical (unpaired) electrons. The summed E-state index contributed by atoms with van der Waals surface area (Å²) < 4.78 is 20.6. The first-order valence-corrected chi connectivity index (χ1v) is 31.3. The summed E-state index contributed by atoms with van der Waals surface area (Å²) in [4.78, 5) is 17.2. The Morgan fingerprint density at radius 1 is 0.320 bits per heavy atom. The Morgan fingerprint density at radius 3 is 1.08 bits per heavy atom. The Kier molecular flexibility index (Phi) is 29.4. The summed E-state index contributed by atoms with van der Waals surface area (Å²) in [6.45, 7) is 8.86. The van der Waals surface area contributed by atoms with Crippen molar-refractivity contribution in [2.24, 2.45) is 0 Å². The fraction of sp³-hybridized carbons (Fsp3) is 0.618. The van der Waals surface area contributed by atoms with Crippen molar-refractivity contribution in [3.63, 3.8) is 0 Å². The number of hydrogen-bond acceptors (Lipinski definition) is 5. The Bertz CT molecular complexity index is 2340. The van der Waals surface area contributed by atoms with Crippen LogP contribution < -0.4 is 14.2 Å². The predicted octanol–water partition coefficient (Wildman–Crippen LogP) is 21.6. The van der Waals surface area contributed by atoms with Crippen molar-refractivity contribution < 1.29 is 14.2 Å². The van der Waals surface area contributed by atoms with Crippen LogP contribution in [-0.2, 0) is 0 Å². The normalized spacial score (nSPS) is 12.0. The fourth-order valence-corrected chi connectivity index (χ4v) is 10.7. The van der Waals surface area contributed by atoms with Crippen LogP contribution in [0.4, 0.5) is 0 Å². The average Bonchev–Trinajstić information content (AvgIpc) is 4.25. The van der Waals surface area contributed by atoms with Crippen molar-refractivity contribution in [1.29, 1.82) is 0 Å². The monoisotopic (exact) mass is 1020 g/mol. The minimum Gasteiger partial charge on any atom is -0.490 e. The highest BCUT2D eigenvalue weighted by Gasteiger charge is 2.19. The average molecular weight is 1020 g/mol. The van der Waals surface area contributed by atoms with E-state index in [1.807, 2.05) is 12.1 Å². The molecule has 5 heterocycles. The second-order valence-corrected chi connectivity index (χ2v) is 22.1. The highest BCUT2D eigenvalue weighted by molar-refractivity contribution is 5.89. The van der Waals surface area contributed by atoms with Crippen LogP contribution in [0.25, 0.3) is 57.5 Å². The van der Waals surface area contributed by atoms with Gasteiger partial charge in [-0.15, -0.1) is 0 Å². The van der Waals surface area contributed by atoms with Gasteiger partial charge < -0.3 is 24.2 Å². The summed E-state index contributed by atoms with van der Waals surface area (Å²) in [5, 5.41) is 0. The summed E-state index contributed by atoms with van der Waals surface area (Å²) in [7, 11) is 0. The van der Waals surface area contributed by atoms with Gasteiger partial charge in [-0.2, -0.15) is 0 Å². The van der Waals surface area contributed by atoms with Gasteiger partial charge in [0.2, 0.25) is 5.75 Å². The zero-order valence-corrected chi connectivity index (χ0v) is 47.7. The van der Waals surface area contributed by atoms with E-state index in [2.05, 4.69) is 97.5 Å². The molecule has 412 valence electrons. The molecule has 2 aliphatic rings. The zero-order chi connectivity index (χ0) is 52.2. The Balaban J connectivity index is 1.20. The van der Waals surface area contributed by atoms with E-state index in [0.717, 1.165) is 92.5 Å². The van der Waals surface area contributed by atoms with Gasteiger partial charge in [0.15, 0.2) is 11.5 Å². The molecule has 0 amide bonds. The number of rotatable bonds is 43. The van der Waals surface area contributed by atoms with Gasteiger partial charge in [-0.25, -0.2) is 9.97 Å². The Labute approximate surface area is 456 Å². The van der Waals surface area contributed by atoms with Gasteiger partial charge in [0.1, 0.15) is 0 Å². The van der Waals surface area contributed by atoms with Gasteiger partial charge in [0, 0.05) is 27.6 Å². The smallest absolute Gasteiger partial charge is 0.203 e. The largest absolute Gasteiger partial charge is 0.490 e. The van der Waals surface area contributed by atoms with E-state index in [0.29, 0.717) is 19.8 Å². The molecule has 0 unspecified atom stereocenters. The van der Waals surface area contributed by atoms with Crippen LogP contribution in [-0.4, -0.2) is 39.8 Å². The van der Waals surface area contributed by atoms with E-state index < -0.39 is 0 Å². The zero-order valence-electron chi connectivity index (χ0n) is 47.7. The molecule has 75 heavy (non-hydrogen) atoms. The first kappa shape index (κ1) is 59.5. The minimum atomic E-state index is 0.654. The van der Waals surface area contributed by atoms with Crippen LogP contribution in [0, 0.1) is 0 Å². The molecule has 1 aromatic carbocycles. The predicted molar refractivity (Wildman–Crippen MR) is 324 cm³/mol. The lowest BCUT2D eigenvalue weighted by atomic mass is 10.0. The van der Waals surface area contributed by atoms with E-state index in [9.17, 15) is 0 Å². The van der Waals surface area contributed by atoms with E-state index in [1.54, 1.807) is 0 Å². The van der Waals surface area contributed by atoms with Crippen LogP contribution in [0.2, 0.25) is 0 Å². The molecular weight excluding hydrogens is 921 g/mol. The molecule has 8 bridgehead atoms. The number of aromatic amines is 2. The number of unbranched alkanes of at least 4 members (excludes halogenated alkanes) is 33. The molecule has 0 fully saturated rings. The number of aromatic nitrogens is 4. The van der Waals surface area contributed by atoms with Crippen molar-refractivity contribution >= 4 is 46.4 Å². The fourth-order valence-electron chi connectivity index (χ4n) is 10.7. The van der Waals surface area contributed by atoms with E-state index >= 15 is 0 Å². The van der Waals surface area contributed by atoms with Crippen LogP contribution in [0.5, 0.6) is 17.2 Å². The summed E-state index contributed by atoms with van der Waals surface area (Å²) in [6.07, 6.45) is 55.6. The van der Waals surface area contributed by atoms with Crippen molar-refractivity contribution in [2.45, 2.75) is 252 Å². The summed E-state index contributed by atoms with van der Waals surface area (Å²) in [6, 6.07) is 19.4. The van der Waals surface area contributed by atoms with Gasteiger partial charge in [0.25, 0.3) is 0 Å². The molecule has 0 atom stereocenters. The first-order chi connectivity index (χ1) is 37.1. The number of ether oxygens (including phenoxy) is 3. The number of fused-ring (bicyclic) bond motifs is 8. The molecule has 0 saturated heterocycles. The molecule has 0 aliphatic carbocycles. The van der Waals surface area contributed by atoms with Crippen molar-refractivity contribution in [3.8, 4) is 28.4 Å². The second kappa shape index (κ2) is 37.1. The van der Waals surface area contributed by atoms with Crippen molar-refractivity contribution in [2.75, 3.05) is 19.8 Å². The lowest BCUT2D eigenvalue weighted by Crippen LogP contribution is -2.06. The number of benzene rings is 1. The summed E-state index contributed by atoms with van der Waals surface area (Å²) in [5.41, 5.74) is 9.68. The maximum absolute atomic E-state index is 6.87. The van der Waals surface area contributed by atoms with Gasteiger partial charge in [0.05, 0.1) is 42.6 Å². The highest BCUT2D eigenvalue weighted by atomic mass is 16.5. The maximum atomic E-state index is 6.87. The third kappa shape index (κ3) is 23.6. The molecule has 2 aliphatic heterocycles. The lowest BCUT2D eigenvalue weighted by Gasteiger charge is -2.19. The topological polar surface area (TPSA) is 85.1 Å². The SMILES string of the molecule is CCCCCCCCCCCCCCOc1cc(-c2cc3cc4ccc(cc5nc(cc6nc(cc2[nH]3)C=C6)C=C5)[nH]4)cc(OCCCCCCCCCCCCCC)c1OCCCCCCCCCCCCCC. The molecule has 7 nitrogen and oxygen atoms in total. The van der Waals surface area contributed by atoms with Crippen LogP contribution in [0.1, 0.15) is 275 Å². The number of H-pyrrole nitrogens is 2. The van der Waals surface area contributed by atoms with Gasteiger partial charge in [-0.3, -0.25) is 0 Å². The van der Waals surface area contributed by atoms with E-state index in [4.69, 9.17) is 24.2 Å². The van der Waals surface area contributed by atoms with Crippen LogP contribution >= 0.6 is 0 Å². The lowest BCUT2D eigenvalue weighted by molar-refractivity contribution is 0.234. The number of hydrogen-bond donors (Lipinski definition) is 2. The third-order valence-electron chi connectivity index (χ3n) is 15.3. The number of nitrogens with zero attached hydrogens (tertiary/aromatic N) is 2. The highest BCUT2D eigenvalue weighted by Crippen LogP contribution is 2.44. The Morgan fingerprint density at radius 2 is 0.667 bits per heavy atom. The van der Waals surface area contributed by atoms with Crippen molar-refractivity contribution in [3.05, 3.63) is 77.4 Å². The van der Waals surface area contributed by atoms with E-state index in [-0.39, 0.29) is 0 Å². The number of nitrogens with one attached hydrogen (secondary N) is 2. The molecule has 7 heteroatoms. The Hall–Kier alpha value is -4.78. The van der Waals surface area contributed by atoms with Gasteiger partial charge in [-0.1, -0.05) is 233 Å². The first-order valence-electron chi connectivity index (χ1n) is 31.3. The summed E-state index contributed by atoms with van der Waals surface area (Å²) >= 11 is 0. The van der Waals surface area contributed by atoms with Crippen LogP contribution in [0.15, 0.2) is 54.6 Å². The maximum Gasteiger partial charge on any atom is 0.203 e. The van der Waals surface area contributed by atoms with Gasteiger partial charge >= 0.3 is 0 Å². The molecule has 4 aromatic rings.